The number of rotatable bonds is 11. The third-order valence-corrected chi connectivity index (χ3v) is 8.74. The summed E-state index contributed by atoms with van der Waals surface area (Å²) in [6, 6.07) is 4.96. The Labute approximate surface area is 210 Å². The van der Waals surface area contributed by atoms with Gasteiger partial charge >= 0.3 is 0 Å². The van der Waals surface area contributed by atoms with Gasteiger partial charge in [-0.05, 0) is 60.1 Å². The molecule has 1 atom stereocenters. The molecule has 34 heavy (non-hydrogen) atoms. The first-order valence-corrected chi connectivity index (χ1v) is 12.8. The average molecular weight is 614 g/mol. The SMILES string of the molecule is COC[C@H](CC1(S(=O)(=O)Nc2c(OC)cc(F)c(F)c2N(C)c2ccc(I)cc2F)CC1)OC. The maximum atomic E-state index is 15.1. The Morgan fingerprint density at radius 2 is 1.82 bits per heavy atom. The van der Waals surface area contributed by atoms with Crippen molar-refractivity contribution in [3.63, 3.8) is 0 Å². The van der Waals surface area contributed by atoms with E-state index in [0.29, 0.717) is 16.4 Å². The van der Waals surface area contributed by atoms with Crippen LogP contribution in [-0.4, -0.2) is 54.3 Å². The number of sulfonamides is 1. The number of methoxy groups -OCH3 is 3. The molecule has 7 nitrogen and oxygen atoms in total. The quantitative estimate of drug-likeness (QED) is 0.367. The van der Waals surface area contributed by atoms with Crippen LogP contribution in [0.25, 0.3) is 0 Å². The van der Waals surface area contributed by atoms with Crippen LogP contribution < -0.4 is 14.4 Å². The summed E-state index contributed by atoms with van der Waals surface area (Å²) in [5, 5.41) is 0. The van der Waals surface area contributed by atoms with E-state index < -0.39 is 44.0 Å². The number of nitrogens with zero attached hydrogens (tertiary/aromatic N) is 1. The zero-order chi connectivity index (χ0) is 25.3. The zero-order valence-corrected chi connectivity index (χ0v) is 22.1. The second kappa shape index (κ2) is 10.5. The molecule has 0 bridgehead atoms. The fourth-order valence-corrected chi connectivity index (χ4v) is 5.99. The van der Waals surface area contributed by atoms with Crippen molar-refractivity contribution in [1.29, 1.82) is 0 Å². The number of ether oxygens (including phenoxy) is 3. The van der Waals surface area contributed by atoms with Crippen LogP contribution in [0.2, 0.25) is 0 Å². The van der Waals surface area contributed by atoms with Crippen LogP contribution in [0.15, 0.2) is 24.3 Å². The fourth-order valence-electron chi connectivity index (χ4n) is 3.81. The van der Waals surface area contributed by atoms with Crippen LogP contribution in [0.4, 0.5) is 30.2 Å². The van der Waals surface area contributed by atoms with Gasteiger partial charge in [-0.3, -0.25) is 4.72 Å². The van der Waals surface area contributed by atoms with Crippen molar-refractivity contribution in [1.82, 2.24) is 0 Å². The molecule has 12 heteroatoms. The molecule has 0 saturated heterocycles. The van der Waals surface area contributed by atoms with Crippen LogP contribution in [0.3, 0.4) is 0 Å². The highest BCUT2D eigenvalue weighted by atomic mass is 127. The largest absolute Gasteiger partial charge is 0.494 e. The predicted molar refractivity (Wildman–Crippen MR) is 132 cm³/mol. The summed E-state index contributed by atoms with van der Waals surface area (Å²) in [6.07, 6.45) is 0.387. The van der Waals surface area contributed by atoms with E-state index >= 15 is 4.39 Å². The maximum absolute atomic E-state index is 15.1. The minimum absolute atomic E-state index is 0.0758. The monoisotopic (exact) mass is 614 g/mol. The van der Waals surface area contributed by atoms with E-state index in [4.69, 9.17) is 14.2 Å². The molecule has 1 saturated carbocycles. The fraction of sp³-hybridized carbons (Fsp3) is 0.455. The highest BCUT2D eigenvalue weighted by Gasteiger charge is 2.56. The second-order valence-corrected chi connectivity index (χ2v) is 11.4. The summed E-state index contributed by atoms with van der Waals surface area (Å²) in [4.78, 5) is 1.05. The number of anilines is 3. The van der Waals surface area contributed by atoms with Gasteiger partial charge in [0.15, 0.2) is 11.6 Å². The van der Waals surface area contributed by atoms with Crippen molar-refractivity contribution in [2.75, 3.05) is 44.6 Å². The molecule has 0 heterocycles. The molecule has 0 aromatic heterocycles. The van der Waals surface area contributed by atoms with E-state index in [2.05, 4.69) is 4.72 Å². The number of nitrogens with one attached hydrogen (secondary N) is 1. The Morgan fingerprint density at radius 3 is 2.35 bits per heavy atom. The Hall–Kier alpha value is -1.77. The second-order valence-electron chi connectivity index (χ2n) is 8.06. The van der Waals surface area contributed by atoms with E-state index in [1.54, 1.807) is 6.07 Å². The number of benzene rings is 2. The molecule has 1 aliphatic rings. The molecular formula is C22H26F3IN2O5S. The van der Waals surface area contributed by atoms with Gasteiger partial charge in [-0.15, -0.1) is 0 Å². The lowest BCUT2D eigenvalue weighted by Crippen LogP contribution is -2.36. The first kappa shape index (κ1) is 26.8. The molecular weight excluding hydrogens is 588 g/mol. The number of hydrogen-bond donors (Lipinski definition) is 1. The lowest BCUT2D eigenvalue weighted by Gasteiger charge is -2.28. The summed E-state index contributed by atoms with van der Waals surface area (Å²) in [6.45, 7) is 0.197. The third kappa shape index (κ3) is 5.24. The van der Waals surface area contributed by atoms with Gasteiger partial charge in [-0.25, -0.2) is 21.6 Å². The molecule has 3 rings (SSSR count). The summed E-state index contributed by atoms with van der Waals surface area (Å²) in [5.41, 5.74) is -0.904. The summed E-state index contributed by atoms with van der Waals surface area (Å²) < 4.78 is 88.6. The average Bonchev–Trinajstić information content (AvgIpc) is 3.57. The highest BCUT2D eigenvalue weighted by Crippen LogP contribution is 2.50. The molecule has 1 aliphatic carbocycles. The Kier molecular flexibility index (Phi) is 8.26. The van der Waals surface area contributed by atoms with Gasteiger partial charge in [0, 0.05) is 30.9 Å². The lowest BCUT2D eigenvalue weighted by molar-refractivity contribution is 0.0218. The topological polar surface area (TPSA) is 77.1 Å². The summed E-state index contributed by atoms with van der Waals surface area (Å²) >= 11 is 1.92. The van der Waals surface area contributed by atoms with Crippen LogP contribution in [0.5, 0.6) is 5.75 Å². The third-order valence-electron chi connectivity index (χ3n) is 5.88. The van der Waals surface area contributed by atoms with Crippen LogP contribution >= 0.6 is 22.6 Å². The molecule has 0 unspecified atom stereocenters. The summed E-state index contributed by atoms with van der Waals surface area (Å²) in [5.74, 6) is -3.55. The van der Waals surface area contributed by atoms with Crippen molar-refractivity contribution in [3.05, 3.63) is 45.3 Å². The Bertz CT molecular complexity index is 1160. The Morgan fingerprint density at radius 1 is 1.15 bits per heavy atom. The van der Waals surface area contributed by atoms with Crippen LogP contribution in [0, 0.1) is 21.0 Å². The van der Waals surface area contributed by atoms with E-state index in [1.165, 1.54) is 40.5 Å². The predicted octanol–water partition coefficient (Wildman–Crippen LogP) is 4.81. The van der Waals surface area contributed by atoms with E-state index in [0.717, 1.165) is 11.0 Å². The van der Waals surface area contributed by atoms with Crippen molar-refractivity contribution in [3.8, 4) is 5.75 Å². The molecule has 0 amide bonds. The minimum atomic E-state index is -4.12. The van der Waals surface area contributed by atoms with Crippen molar-refractivity contribution < 1.29 is 35.8 Å². The van der Waals surface area contributed by atoms with Crippen molar-refractivity contribution in [2.45, 2.75) is 30.1 Å². The molecule has 2 aromatic rings. The number of halogens is 4. The van der Waals surface area contributed by atoms with Crippen LogP contribution in [0.1, 0.15) is 19.3 Å². The first-order chi connectivity index (χ1) is 16.0. The smallest absolute Gasteiger partial charge is 0.238 e. The summed E-state index contributed by atoms with van der Waals surface area (Å²) in [7, 11) is 1.34. The molecule has 1 N–H and O–H groups in total. The normalized spacial score (nSPS) is 15.6. The van der Waals surface area contributed by atoms with Crippen molar-refractivity contribution >= 4 is 49.7 Å². The Balaban J connectivity index is 2.08. The molecule has 0 spiro atoms. The molecule has 188 valence electrons. The zero-order valence-electron chi connectivity index (χ0n) is 19.1. The standard InChI is InChI=1S/C22H26F3IN2O5S/c1-28(17-6-5-13(26)9-15(17)23)21-19(25)16(24)10-18(33-4)20(21)27-34(29,30)22(7-8-22)11-14(32-3)12-31-2/h5-6,9-10,14,27H,7-8,11-12H2,1-4H3/t14-/m0/s1. The van der Waals surface area contributed by atoms with Gasteiger partial charge in [-0.2, -0.15) is 0 Å². The lowest BCUT2D eigenvalue weighted by atomic mass is 10.2. The first-order valence-electron chi connectivity index (χ1n) is 10.3. The molecule has 0 radical (unpaired) electrons. The van der Waals surface area contributed by atoms with Gasteiger partial charge in [0.25, 0.3) is 0 Å². The highest BCUT2D eigenvalue weighted by molar-refractivity contribution is 14.1. The van der Waals surface area contributed by atoms with E-state index in [-0.39, 0.29) is 30.2 Å². The van der Waals surface area contributed by atoms with Crippen LogP contribution in [-0.2, 0) is 19.5 Å². The maximum Gasteiger partial charge on any atom is 0.238 e. The number of hydrogen-bond acceptors (Lipinski definition) is 6. The molecule has 2 aromatic carbocycles. The van der Waals surface area contributed by atoms with Gasteiger partial charge in [0.1, 0.15) is 22.9 Å². The van der Waals surface area contributed by atoms with E-state index in [9.17, 15) is 17.2 Å². The van der Waals surface area contributed by atoms with Gasteiger partial charge in [0.05, 0.1) is 30.3 Å². The van der Waals surface area contributed by atoms with Gasteiger partial charge in [-0.1, -0.05) is 0 Å². The molecule has 1 fully saturated rings. The van der Waals surface area contributed by atoms with Gasteiger partial charge in [0.2, 0.25) is 10.0 Å². The minimum Gasteiger partial charge on any atom is -0.494 e. The van der Waals surface area contributed by atoms with Gasteiger partial charge < -0.3 is 19.1 Å². The van der Waals surface area contributed by atoms with E-state index in [1.807, 2.05) is 22.6 Å². The van der Waals surface area contributed by atoms with Crippen molar-refractivity contribution in [2.24, 2.45) is 0 Å². The molecule has 0 aliphatic heterocycles.